The van der Waals surface area contributed by atoms with E-state index in [0.29, 0.717) is 22.3 Å². The molecule has 0 aliphatic rings. The smallest absolute Gasteiger partial charge is 0.187 e. The van der Waals surface area contributed by atoms with Crippen LogP contribution in [-0.4, -0.2) is 27.3 Å². The van der Waals surface area contributed by atoms with Crippen molar-refractivity contribution in [2.45, 2.75) is 6.92 Å². The van der Waals surface area contributed by atoms with E-state index in [1.54, 1.807) is 23.9 Å². The number of halogens is 1. The summed E-state index contributed by atoms with van der Waals surface area (Å²) in [6.07, 6.45) is 0. The number of tetrazole rings is 1. The molecule has 0 spiro atoms. The molecule has 1 heterocycles. The summed E-state index contributed by atoms with van der Waals surface area (Å²) in [5.41, 5.74) is 9.00. The van der Waals surface area contributed by atoms with Gasteiger partial charge in [-0.3, -0.25) is 0 Å². The number of ether oxygens (including phenoxy) is 1. The molecular weight excluding hydrogens is 302 g/mol. The third-order valence-corrected chi connectivity index (χ3v) is 3.83. The number of nitrogens with zero attached hydrogens (tertiary/aromatic N) is 4. The van der Waals surface area contributed by atoms with Gasteiger partial charge in [-0.1, -0.05) is 17.7 Å². The number of nitrogens with two attached hydrogens (primary N) is 1. The first-order valence-electron chi connectivity index (χ1n) is 6.59. The molecule has 112 valence electrons. The molecule has 0 amide bonds. The Hall–Kier alpha value is -2.60. The van der Waals surface area contributed by atoms with Gasteiger partial charge in [0.05, 0.1) is 18.5 Å². The molecule has 7 heteroatoms. The van der Waals surface area contributed by atoms with Crippen LogP contribution < -0.4 is 10.5 Å². The van der Waals surface area contributed by atoms with Crippen molar-refractivity contribution >= 4 is 17.3 Å². The van der Waals surface area contributed by atoms with Gasteiger partial charge >= 0.3 is 0 Å². The normalized spacial score (nSPS) is 10.7. The lowest BCUT2D eigenvalue weighted by atomic mass is 10.1. The molecule has 2 N–H and O–H groups in total. The van der Waals surface area contributed by atoms with Crippen LogP contribution in [0, 0.1) is 6.92 Å². The van der Waals surface area contributed by atoms with Crippen LogP contribution in [0.5, 0.6) is 5.75 Å². The first-order chi connectivity index (χ1) is 10.6. The van der Waals surface area contributed by atoms with Crippen molar-refractivity contribution in [1.29, 1.82) is 0 Å². The zero-order valence-electron chi connectivity index (χ0n) is 12.1. The summed E-state index contributed by atoms with van der Waals surface area (Å²) < 4.78 is 6.81. The van der Waals surface area contributed by atoms with Gasteiger partial charge < -0.3 is 10.5 Å². The Labute approximate surface area is 132 Å². The Morgan fingerprint density at radius 3 is 2.77 bits per heavy atom. The number of rotatable bonds is 3. The summed E-state index contributed by atoms with van der Waals surface area (Å²) >= 11 is 6.18. The lowest BCUT2D eigenvalue weighted by molar-refractivity contribution is 0.417. The van der Waals surface area contributed by atoms with Crippen molar-refractivity contribution in [1.82, 2.24) is 20.2 Å². The average Bonchev–Trinajstić information content (AvgIpc) is 2.99. The summed E-state index contributed by atoms with van der Waals surface area (Å²) in [6.45, 7) is 1.92. The lowest BCUT2D eigenvalue weighted by Crippen LogP contribution is -2.03. The van der Waals surface area contributed by atoms with E-state index in [9.17, 15) is 0 Å². The molecule has 2 aromatic carbocycles. The van der Waals surface area contributed by atoms with Gasteiger partial charge in [0.1, 0.15) is 5.75 Å². The third-order valence-electron chi connectivity index (χ3n) is 3.42. The maximum absolute atomic E-state index is 6.18. The molecule has 3 rings (SSSR count). The van der Waals surface area contributed by atoms with Gasteiger partial charge in [-0.25, -0.2) is 0 Å². The zero-order chi connectivity index (χ0) is 15.7. The summed E-state index contributed by atoms with van der Waals surface area (Å²) in [7, 11) is 1.57. The van der Waals surface area contributed by atoms with Crippen LogP contribution >= 0.6 is 11.6 Å². The number of methoxy groups -OCH3 is 1. The minimum absolute atomic E-state index is 0.525. The van der Waals surface area contributed by atoms with E-state index >= 15 is 0 Å². The van der Waals surface area contributed by atoms with Gasteiger partial charge in [-0.15, -0.1) is 5.10 Å². The van der Waals surface area contributed by atoms with E-state index in [4.69, 9.17) is 22.1 Å². The Bertz CT molecular complexity index is 831. The summed E-state index contributed by atoms with van der Waals surface area (Å²) in [5.74, 6) is 1.20. The van der Waals surface area contributed by atoms with E-state index in [-0.39, 0.29) is 0 Å². The zero-order valence-corrected chi connectivity index (χ0v) is 12.9. The van der Waals surface area contributed by atoms with E-state index in [2.05, 4.69) is 15.5 Å². The fourth-order valence-electron chi connectivity index (χ4n) is 2.23. The summed E-state index contributed by atoms with van der Waals surface area (Å²) in [5, 5.41) is 12.6. The molecule has 1 aromatic heterocycles. The van der Waals surface area contributed by atoms with Crippen LogP contribution in [0.25, 0.3) is 17.1 Å². The fourth-order valence-corrected chi connectivity index (χ4v) is 2.40. The van der Waals surface area contributed by atoms with Crippen molar-refractivity contribution in [3.8, 4) is 22.8 Å². The van der Waals surface area contributed by atoms with Gasteiger partial charge in [0.2, 0.25) is 0 Å². The number of hydrogen-bond donors (Lipinski definition) is 1. The van der Waals surface area contributed by atoms with Gasteiger partial charge in [-0.2, -0.15) is 4.68 Å². The SMILES string of the molecule is COc1ccc(-c2nnnn2-c2cccc(Cl)c2C)cc1N. The van der Waals surface area contributed by atoms with Gasteiger partial charge in [0, 0.05) is 10.6 Å². The molecule has 6 nitrogen and oxygen atoms in total. The molecule has 0 bridgehead atoms. The first-order valence-corrected chi connectivity index (χ1v) is 6.97. The van der Waals surface area contributed by atoms with Gasteiger partial charge in [-0.05, 0) is 53.2 Å². The van der Waals surface area contributed by atoms with E-state index in [0.717, 1.165) is 16.8 Å². The van der Waals surface area contributed by atoms with Crippen molar-refractivity contribution in [2.24, 2.45) is 0 Å². The van der Waals surface area contributed by atoms with Crippen molar-refractivity contribution in [3.05, 3.63) is 47.0 Å². The molecule has 3 aromatic rings. The topological polar surface area (TPSA) is 78.9 Å². The lowest BCUT2D eigenvalue weighted by Gasteiger charge is -2.10. The van der Waals surface area contributed by atoms with Crippen LogP contribution in [0.1, 0.15) is 5.56 Å². The molecule has 0 saturated heterocycles. The van der Waals surface area contributed by atoms with E-state index in [1.165, 1.54) is 0 Å². The molecule has 22 heavy (non-hydrogen) atoms. The Kier molecular flexibility index (Phi) is 3.68. The largest absolute Gasteiger partial charge is 0.495 e. The van der Waals surface area contributed by atoms with Crippen molar-refractivity contribution in [3.63, 3.8) is 0 Å². The highest BCUT2D eigenvalue weighted by Crippen LogP contribution is 2.29. The molecule has 0 radical (unpaired) electrons. The molecule has 0 unspecified atom stereocenters. The maximum atomic E-state index is 6.18. The number of anilines is 1. The molecule has 0 aliphatic carbocycles. The second-order valence-electron chi connectivity index (χ2n) is 4.75. The van der Waals surface area contributed by atoms with Crippen molar-refractivity contribution < 1.29 is 4.74 Å². The predicted molar refractivity (Wildman–Crippen MR) is 85.3 cm³/mol. The molecule has 0 saturated carbocycles. The van der Waals surface area contributed by atoms with E-state index in [1.807, 2.05) is 31.2 Å². The van der Waals surface area contributed by atoms with Crippen LogP contribution in [0.3, 0.4) is 0 Å². The van der Waals surface area contributed by atoms with Crippen LogP contribution in [-0.2, 0) is 0 Å². The van der Waals surface area contributed by atoms with Gasteiger partial charge in [0.25, 0.3) is 0 Å². The first kappa shape index (κ1) is 14.3. The number of benzene rings is 2. The van der Waals surface area contributed by atoms with Crippen LogP contribution in [0.4, 0.5) is 5.69 Å². The average molecular weight is 316 g/mol. The molecule has 0 atom stereocenters. The standard InChI is InChI=1S/C15H14ClN5O/c1-9-11(16)4-3-5-13(9)21-15(18-19-20-21)10-6-7-14(22-2)12(17)8-10/h3-8H,17H2,1-2H3. The number of hydrogen-bond acceptors (Lipinski definition) is 5. The van der Waals surface area contributed by atoms with Crippen LogP contribution in [0.15, 0.2) is 36.4 Å². The highest BCUT2D eigenvalue weighted by atomic mass is 35.5. The van der Waals surface area contributed by atoms with Crippen LogP contribution in [0.2, 0.25) is 5.02 Å². The minimum Gasteiger partial charge on any atom is -0.495 e. The Balaban J connectivity index is 2.13. The monoisotopic (exact) mass is 315 g/mol. The fraction of sp³-hybridized carbons (Fsp3) is 0.133. The van der Waals surface area contributed by atoms with Crippen molar-refractivity contribution in [2.75, 3.05) is 12.8 Å². The molecule has 0 aliphatic heterocycles. The third kappa shape index (κ3) is 2.37. The van der Waals surface area contributed by atoms with E-state index < -0.39 is 0 Å². The summed E-state index contributed by atoms with van der Waals surface area (Å²) in [4.78, 5) is 0. The number of aromatic nitrogens is 4. The Morgan fingerprint density at radius 2 is 2.05 bits per heavy atom. The predicted octanol–water partition coefficient (Wildman–Crippen LogP) is 2.88. The number of nitrogen functional groups attached to an aromatic ring is 1. The molecule has 0 fully saturated rings. The summed E-state index contributed by atoms with van der Waals surface area (Å²) in [6, 6.07) is 11.0. The highest BCUT2D eigenvalue weighted by Gasteiger charge is 2.14. The minimum atomic E-state index is 0.525. The van der Waals surface area contributed by atoms with Gasteiger partial charge in [0.15, 0.2) is 5.82 Å². The second kappa shape index (κ2) is 5.65. The Morgan fingerprint density at radius 1 is 1.23 bits per heavy atom. The maximum Gasteiger partial charge on any atom is 0.187 e. The second-order valence-corrected chi connectivity index (χ2v) is 5.16. The molecular formula is C15H14ClN5O. The quantitative estimate of drug-likeness (QED) is 0.752. The highest BCUT2D eigenvalue weighted by molar-refractivity contribution is 6.31.